The van der Waals surface area contributed by atoms with E-state index in [1.165, 1.54) is 12.8 Å². The van der Waals surface area contributed by atoms with E-state index < -0.39 is 0 Å². The molecular weight excluding hydrogens is 324 g/mol. The van der Waals surface area contributed by atoms with Crippen molar-refractivity contribution in [3.05, 3.63) is 42.2 Å². The van der Waals surface area contributed by atoms with Gasteiger partial charge in [0.15, 0.2) is 0 Å². The maximum atomic E-state index is 12.9. The Hall–Kier alpha value is -2.30. The highest BCUT2D eigenvalue weighted by Crippen LogP contribution is 2.34. The molecule has 4 rings (SSSR count). The number of pyridine rings is 1. The second-order valence-corrected chi connectivity index (χ2v) is 7.56. The number of carbonyl (C=O) groups is 1. The van der Waals surface area contributed by atoms with E-state index in [1.54, 1.807) is 12.4 Å². The minimum atomic E-state index is 0.251. The van der Waals surface area contributed by atoms with E-state index in [1.807, 2.05) is 25.3 Å². The first-order valence-corrected chi connectivity index (χ1v) is 9.75. The molecule has 0 bridgehead atoms. The van der Waals surface area contributed by atoms with Crippen molar-refractivity contribution < 1.29 is 4.79 Å². The quantitative estimate of drug-likeness (QED) is 0.846. The molecule has 0 N–H and O–H groups in total. The Balaban J connectivity index is 1.60. The Labute approximate surface area is 154 Å². The summed E-state index contributed by atoms with van der Waals surface area (Å²) in [4.78, 5) is 28.3. The zero-order chi connectivity index (χ0) is 17.9. The molecule has 26 heavy (non-hydrogen) atoms. The minimum Gasteiger partial charge on any atom is -0.342 e. The number of rotatable bonds is 3. The SMILES string of the molecule is Cc1ncc(-c2ccncc2)c(C2CCCN(C(=O)C3CCCC3)C2)n1. The summed E-state index contributed by atoms with van der Waals surface area (Å²) in [6.45, 7) is 3.61. The van der Waals surface area contributed by atoms with Crippen LogP contribution in [0.25, 0.3) is 11.1 Å². The number of nitrogens with zero attached hydrogens (tertiary/aromatic N) is 4. The molecule has 1 unspecified atom stereocenters. The average Bonchev–Trinajstić information content (AvgIpc) is 3.23. The van der Waals surface area contributed by atoms with E-state index in [2.05, 4.69) is 14.9 Å². The Kier molecular flexibility index (Phi) is 4.96. The maximum absolute atomic E-state index is 12.9. The summed E-state index contributed by atoms with van der Waals surface area (Å²) >= 11 is 0. The van der Waals surface area contributed by atoms with Gasteiger partial charge in [0.1, 0.15) is 5.82 Å². The Morgan fingerprint density at radius 3 is 2.65 bits per heavy atom. The van der Waals surface area contributed by atoms with Crippen molar-refractivity contribution in [2.75, 3.05) is 13.1 Å². The maximum Gasteiger partial charge on any atom is 0.225 e. The highest BCUT2D eigenvalue weighted by atomic mass is 16.2. The fourth-order valence-corrected chi connectivity index (χ4v) is 4.38. The lowest BCUT2D eigenvalue weighted by molar-refractivity contribution is -0.136. The van der Waals surface area contributed by atoms with Crippen LogP contribution in [-0.2, 0) is 4.79 Å². The number of hydrogen-bond donors (Lipinski definition) is 0. The number of carbonyl (C=O) groups excluding carboxylic acids is 1. The van der Waals surface area contributed by atoms with Crippen LogP contribution in [0.4, 0.5) is 0 Å². The molecule has 2 aliphatic rings. The fourth-order valence-electron chi connectivity index (χ4n) is 4.38. The van der Waals surface area contributed by atoms with Crippen molar-refractivity contribution in [1.82, 2.24) is 19.9 Å². The Morgan fingerprint density at radius 1 is 1.12 bits per heavy atom. The molecule has 1 amide bonds. The molecular formula is C21H26N4O. The van der Waals surface area contributed by atoms with Gasteiger partial charge in [-0.25, -0.2) is 9.97 Å². The van der Waals surface area contributed by atoms with Gasteiger partial charge in [-0.05, 0) is 50.3 Å². The molecule has 1 saturated heterocycles. The van der Waals surface area contributed by atoms with E-state index in [0.717, 1.165) is 61.4 Å². The molecule has 0 aromatic carbocycles. The van der Waals surface area contributed by atoms with Gasteiger partial charge in [-0.15, -0.1) is 0 Å². The molecule has 0 spiro atoms. The first-order valence-electron chi connectivity index (χ1n) is 9.75. The molecule has 5 nitrogen and oxygen atoms in total. The van der Waals surface area contributed by atoms with Gasteiger partial charge in [0.05, 0.1) is 5.69 Å². The van der Waals surface area contributed by atoms with Gasteiger partial charge in [-0.1, -0.05) is 12.8 Å². The Morgan fingerprint density at radius 2 is 1.88 bits per heavy atom. The summed E-state index contributed by atoms with van der Waals surface area (Å²) in [5.41, 5.74) is 3.24. The standard InChI is InChI=1S/C21H26N4O/c1-15-23-13-19(16-8-10-22-11-9-16)20(24-15)18-7-4-12-25(14-18)21(26)17-5-2-3-6-17/h8-11,13,17-18H,2-7,12,14H2,1H3. The summed E-state index contributed by atoms with van der Waals surface area (Å²) < 4.78 is 0. The van der Waals surface area contributed by atoms with Gasteiger partial charge in [0, 0.05) is 49.1 Å². The van der Waals surface area contributed by atoms with Crippen LogP contribution in [0, 0.1) is 12.8 Å². The number of aryl methyl sites for hydroxylation is 1. The smallest absolute Gasteiger partial charge is 0.225 e. The molecule has 1 saturated carbocycles. The third-order valence-electron chi connectivity index (χ3n) is 5.75. The molecule has 136 valence electrons. The summed E-state index contributed by atoms with van der Waals surface area (Å²) in [5, 5.41) is 0. The van der Waals surface area contributed by atoms with Crippen LogP contribution in [0.2, 0.25) is 0 Å². The van der Waals surface area contributed by atoms with Crippen molar-refractivity contribution in [2.24, 2.45) is 5.92 Å². The Bertz CT molecular complexity index is 771. The van der Waals surface area contributed by atoms with Crippen LogP contribution in [-0.4, -0.2) is 38.8 Å². The number of amides is 1. The predicted molar refractivity (Wildman–Crippen MR) is 101 cm³/mol. The van der Waals surface area contributed by atoms with E-state index in [9.17, 15) is 4.79 Å². The molecule has 5 heteroatoms. The first-order chi connectivity index (χ1) is 12.7. The van der Waals surface area contributed by atoms with Crippen molar-refractivity contribution in [3.8, 4) is 11.1 Å². The summed E-state index contributed by atoms with van der Waals surface area (Å²) in [6.07, 6.45) is 12.2. The van der Waals surface area contributed by atoms with E-state index >= 15 is 0 Å². The van der Waals surface area contributed by atoms with E-state index in [-0.39, 0.29) is 11.8 Å². The molecule has 1 atom stereocenters. The van der Waals surface area contributed by atoms with Gasteiger partial charge < -0.3 is 4.90 Å². The monoisotopic (exact) mass is 350 g/mol. The second-order valence-electron chi connectivity index (χ2n) is 7.56. The molecule has 1 aliphatic carbocycles. The van der Waals surface area contributed by atoms with Crippen LogP contribution in [0.5, 0.6) is 0 Å². The van der Waals surface area contributed by atoms with Crippen molar-refractivity contribution in [3.63, 3.8) is 0 Å². The van der Waals surface area contributed by atoms with Crippen LogP contribution < -0.4 is 0 Å². The number of piperidine rings is 1. The van der Waals surface area contributed by atoms with Crippen LogP contribution in [0.15, 0.2) is 30.7 Å². The topological polar surface area (TPSA) is 59.0 Å². The fraction of sp³-hybridized carbons (Fsp3) is 0.524. The first kappa shape index (κ1) is 17.1. The molecule has 3 heterocycles. The largest absolute Gasteiger partial charge is 0.342 e. The molecule has 0 radical (unpaired) electrons. The normalized spacial score (nSPS) is 21.1. The van der Waals surface area contributed by atoms with E-state index in [0.29, 0.717) is 5.91 Å². The molecule has 2 aromatic rings. The highest BCUT2D eigenvalue weighted by Gasteiger charge is 2.32. The van der Waals surface area contributed by atoms with Crippen molar-refractivity contribution in [2.45, 2.75) is 51.4 Å². The zero-order valence-electron chi connectivity index (χ0n) is 15.4. The number of hydrogen-bond acceptors (Lipinski definition) is 4. The summed E-state index contributed by atoms with van der Waals surface area (Å²) in [7, 11) is 0. The lowest BCUT2D eigenvalue weighted by Gasteiger charge is -2.34. The van der Waals surface area contributed by atoms with Crippen LogP contribution in [0.3, 0.4) is 0 Å². The van der Waals surface area contributed by atoms with Crippen molar-refractivity contribution >= 4 is 5.91 Å². The van der Waals surface area contributed by atoms with Gasteiger partial charge in [0.25, 0.3) is 0 Å². The van der Waals surface area contributed by atoms with Gasteiger partial charge in [-0.2, -0.15) is 0 Å². The molecule has 1 aliphatic heterocycles. The summed E-state index contributed by atoms with van der Waals surface area (Å²) in [6, 6.07) is 4.00. The molecule has 2 fully saturated rings. The van der Waals surface area contributed by atoms with Crippen LogP contribution >= 0.6 is 0 Å². The third-order valence-corrected chi connectivity index (χ3v) is 5.75. The van der Waals surface area contributed by atoms with E-state index in [4.69, 9.17) is 4.98 Å². The lowest BCUT2D eigenvalue weighted by atomic mass is 9.89. The molecule has 2 aromatic heterocycles. The highest BCUT2D eigenvalue weighted by molar-refractivity contribution is 5.79. The lowest BCUT2D eigenvalue weighted by Crippen LogP contribution is -2.42. The minimum absolute atomic E-state index is 0.251. The van der Waals surface area contributed by atoms with Crippen LogP contribution in [0.1, 0.15) is 56.0 Å². The third kappa shape index (κ3) is 3.48. The van der Waals surface area contributed by atoms with Gasteiger partial charge in [0.2, 0.25) is 5.91 Å². The van der Waals surface area contributed by atoms with Gasteiger partial charge in [-0.3, -0.25) is 9.78 Å². The average molecular weight is 350 g/mol. The number of likely N-dealkylation sites (tertiary alicyclic amines) is 1. The zero-order valence-corrected chi connectivity index (χ0v) is 15.4. The van der Waals surface area contributed by atoms with Crippen molar-refractivity contribution in [1.29, 1.82) is 0 Å². The summed E-state index contributed by atoms with van der Waals surface area (Å²) in [5.74, 6) is 1.68. The number of aromatic nitrogens is 3. The predicted octanol–water partition coefficient (Wildman–Crippen LogP) is 3.74. The second kappa shape index (κ2) is 7.52. The van der Waals surface area contributed by atoms with Gasteiger partial charge >= 0.3 is 0 Å².